The first-order valence-corrected chi connectivity index (χ1v) is 14.8. The molecule has 0 bridgehead atoms. The highest BCUT2D eigenvalue weighted by atomic mass is 127. The van der Waals surface area contributed by atoms with Crippen LogP contribution in [-0.4, -0.2) is 0 Å². The first-order valence-electron chi connectivity index (χ1n) is 12.5. The molecule has 0 radical (unpaired) electrons. The summed E-state index contributed by atoms with van der Waals surface area (Å²) < 4.78 is 10.2. The Morgan fingerprint density at radius 3 is 1.61 bits per heavy atom. The highest BCUT2D eigenvalue weighted by Crippen LogP contribution is 2.50. The number of ether oxygens (including phenoxy) is 1. The SMILES string of the molecule is CC(C)(C)c1ccc2c(c1)c1cc(C(C)(C)C)ccc1[s+]2-c1ccc(OCc2ccc(I)cc2)cc1. The largest absolute Gasteiger partial charge is 0.489 e. The van der Waals surface area contributed by atoms with E-state index >= 15 is 0 Å². The van der Waals surface area contributed by atoms with Crippen molar-refractivity contribution in [3.8, 4) is 10.6 Å². The number of hydrogen-bond donors (Lipinski definition) is 0. The molecule has 0 spiro atoms. The zero-order valence-corrected chi connectivity index (χ0v) is 25.0. The summed E-state index contributed by atoms with van der Waals surface area (Å²) in [7, 11) is -0.118. The van der Waals surface area contributed by atoms with E-state index in [4.69, 9.17) is 4.74 Å². The maximum atomic E-state index is 6.10. The molecule has 1 aromatic heterocycles. The summed E-state index contributed by atoms with van der Waals surface area (Å²) in [5.74, 6) is 0.909. The normalized spacial score (nSPS) is 12.4. The highest BCUT2D eigenvalue weighted by Gasteiger charge is 2.27. The second kappa shape index (κ2) is 9.50. The molecule has 1 heterocycles. The number of thiophene rings is 1. The molecule has 5 rings (SSSR count). The highest BCUT2D eigenvalue weighted by molar-refractivity contribution is 14.1. The third kappa shape index (κ3) is 5.05. The smallest absolute Gasteiger partial charge is 0.187 e. The predicted molar refractivity (Wildman–Crippen MR) is 166 cm³/mol. The van der Waals surface area contributed by atoms with E-state index in [1.165, 1.54) is 45.3 Å². The van der Waals surface area contributed by atoms with Crippen molar-refractivity contribution in [3.05, 3.63) is 105 Å². The fourth-order valence-electron chi connectivity index (χ4n) is 4.56. The lowest BCUT2D eigenvalue weighted by molar-refractivity contribution is 0.306. The van der Waals surface area contributed by atoms with Crippen molar-refractivity contribution >= 4 is 53.2 Å². The van der Waals surface area contributed by atoms with Crippen LogP contribution in [0.4, 0.5) is 0 Å². The minimum atomic E-state index is -0.118. The molecule has 184 valence electrons. The van der Waals surface area contributed by atoms with Gasteiger partial charge in [-0.15, -0.1) is 0 Å². The van der Waals surface area contributed by atoms with Crippen LogP contribution in [-0.2, 0) is 17.4 Å². The predicted octanol–water partition coefficient (Wildman–Crippen LogP) is 10.5. The van der Waals surface area contributed by atoms with Gasteiger partial charge in [0.1, 0.15) is 12.4 Å². The van der Waals surface area contributed by atoms with Crippen LogP contribution in [0.1, 0.15) is 58.2 Å². The van der Waals surface area contributed by atoms with Gasteiger partial charge in [-0.25, -0.2) is 0 Å². The summed E-state index contributed by atoms with van der Waals surface area (Å²) in [5.41, 5.74) is 4.20. The lowest BCUT2D eigenvalue weighted by Crippen LogP contribution is -2.10. The zero-order valence-electron chi connectivity index (χ0n) is 22.0. The van der Waals surface area contributed by atoms with E-state index < -0.39 is 0 Å². The van der Waals surface area contributed by atoms with E-state index in [1.807, 2.05) is 0 Å². The Labute approximate surface area is 231 Å². The van der Waals surface area contributed by atoms with Crippen LogP contribution in [0.5, 0.6) is 5.75 Å². The van der Waals surface area contributed by atoms with Crippen molar-refractivity contribution in [1.29, 1.82) is 0 Å². The summed E-state index contributed by atoms with van der Waals surface area (Å²) in [6.07, 6.45) is 0. The lowest BCUT2D eigenvalue weighted by Gasteiger charge is -2.19. The number of hydrogen-bond acceptors (Lipinski definition) is 1. The summed E-state index contributed by atoms with van der Waals surface area (Å²) >= 11 is 2.33. The summed E-state index contributed by atoms with van der Waals surface area (Å²) in [6.45, 7) is 14.4. The quantitative estimate of drug-likeness (QED) is 0.146. The molecule has 0 unspecified atom stereocenters. The molecular weight excluding hydrogens is 571 g/mol. The molecule has 0 amide bonds. The first-order chi connectivity index (χ1) is 17.0. The van der Waals surface area contributed by atoms with Crippen molar-refractivity contribution < 1.29 is 4.74 Å². The van der Waals surface area contributed by atoms with Gasteiger partial charge < -0.3 is 4.74 Å². The molecule has 36 heavy (non-hydrogen) atoms. The van der Waals surface area contributed by atoms with E-state index in [-0.39, 0.29) is 21.3 Å². The Morgan fingerprint density at radius 2 is 1.14 bits per heavy atom. The van der Waals surface area contributed by atoms with Crippen LogP contribution in [0.3, 0.4) is 0 Å². The first kappa shape index (κ1) is 25.3. The molecule has 0 saturated heterocycles. The molecule has 4 aromatic carbocycles. The summed E-state index contributed by atoms with van der Waals surface area (Å²) in [5, 5.41) is 2.79. The van der Waals surface area contributed by atoms with E-state index in [1.54, 1.807) is 0 Å². The summed E-state index contributed by atoms with van der Waals surface area (Å²) in [6, 6.07) is 31.5. The van der Waals surface area contributed by atoms with Crippen molar-refractivity contribution in [2.24, 2.45) is 0 Å². The number of rotatable bonds is 4. The third-order valence-corrected chi connectivity index (χ3v) is 9.85. The van der Waals surface area contributed by atoms with E-state index in [9.17, 15) is 0 Å². The molecule has 0 N–H and O–H groups in total. The molecule has 0 atom stereocenters. The Bertz CT molecular complexity index is 1460. The Morgan fingerprint density at radius 1 is 0.639 bits per heavy atom. The molecular formula is C33H34IOS+. The van der Waals surface area contributed by atoms with Gasteiger partial charge in [0, 0.05) is 36.9 Å². The maximum absolute atomic E-state index is 6.10. The zero-order chi connectivity index (χ0) is 25.7. The van der Waals surface area contributed by atoms with Gasteiger partial charge >= 0.3 is 0 Å². The lowest BCUT2D eigenvalue weighted by atomic mass is 9.85. The van der Waals surface area contributed by atoms with Crippen LogP contribution in [0.2, 0.25) is 0 Å². The second-order valence-electron chi connectivity index (χ2n) is 11.6. The van der Waals surface area contributed by atoms with Crippen LogP contribution in [0.25, 0.3) is 25.1 Å². The fourth-order valence-corrected chi connectivity index (χ4v) is 7.26. The van der Waals surface area contributed by atoms with Crippen LogP contribution >= 0.6 is 33.1 Å². The van der Waals surface area contributed by atoms with Crippen molar-refractivity contribution in [2.45, 2.75) is 59.0 Å². The van der Waals surface area contributed by atoms with E-state index in [0.717, 1.165) is 5.75 Å². The van der Waals surface area contributed by atoms with Crippen molar-refractivity contribution in [2.75, 3.05) is 0 Å². The number of benzene rings is 4. The van der Waals surface area contributed by atoms with Crippen LogP contribution in [0, 0.1) is 3.57 Å². The Kier molecular flexibility index (Phi) is 6.67. The number of halogens is 1. The monoisotopic (exact) mass is 605 g/mol. The topological polar surface area (TPSA) is 9.23 Å². The average Bonchev–Trinajstić information content (AvgIpc) is 3.16. The molecule has 0 saturated carbocycles. The van der Waals surface area contributed by atoms with E-state index in [0.29, 0.717) is 6.61 Å². The molecule has 1 nitrogen and oxygen atoms in total. The fraction of sp³-hybridized carbons (Fsp3) is 0.273. The molecule has 0 aliphatic heterocycles. The Balaban J connectivity index is 1.58. The van der Waals surface area contributed by atoms with Crippen LogP contribution in [0.15, 0.2) is 84.9 Å². The second-order valence-corrected chi connectivity index (χ2v) is 14.8. The molecule has 0 aliphatic rings. The molecule has 5 aromatic rings. The molecule has 3 heteroatoms. The number of fused-ring (bicyclic) bond motifs is 3. The van der Waals surface area contributed by atoms with Gasteiger partial charge in [-0.2, -0.15) is 0 Å². The van der Waals surface area contributed by atoms with Gasteiger partial charge in [-0.1, -0.05) is 65.8 Å². The van der Waals surface area contributed by atoms with Gasteiger partial charge in [0.15, 0.2) is 14.3 Å². The van der Waals surface area contributed by atoms with Gasteiger partial charge in [0.2, 0.25) is 0 Å². The van der Waals surface area contributed by atoms with Gasteiger partial charge in [0.05, 0.1) is 0 Å². The van der Waals surface area contributed by atoms with Gasteiger partial charge in [0.25, 0.3) is 0 Å². The van der Waals surface area contributed by atoms with E-state index in [2.05, 4.69) is 149 Å². The maximum Gasteiger partial charge on any atom is 0.187 e. The minimum Gasteiger partial charge on any atom is -0.489 e. The third-order valence-electron chi connectivity index (χ3n) is 6.80. The van der Waals surface area contributed by atoms with Crippen molar-refractivity contribution in [1.82, 2.24) is 0 Å². The summed E-state index contributed by atoms with van der Waals surface area (Å²) in [4.78, 5) is 1.34. The molecule has 0 fully saturated rings. The van der Waals surface area contributed by atoms with Gasteiger partial charge in [-0.3, -0.25) is 0 Å². The standard InChI is InChI=1S/C33H34IOS/c1-32(2,3)23-9-17-30-28(19-23)29-20-24(33(4,5)6)10-18-31(29)36(30)27-15-13-26(14-16-27)35-21-22-7-11-25(34)12-8-22/h7-20H,21H2,1-6H3/q+1. The average molecular weight is 606 g/mol. The van der Waals surface area contributed by atoms with Crippen LogP contribution < -0.4 is 4.74 Å². The minimum absolute atomic E-state index is 0.118. The Hall–Kier alpha value is -2.37. The van der Waals surface area contributed by atoms with Crippen molar-refractivity contribution in [3.63, 3.8) is 0 Å². The van der Waals surface area contributed by atoms with Gasteiger partial charge in [-0.05, 0) is 98.6 Å². The molecule has 0 aliphatic carbocycles.